The minimum Gasteiger partial charge on any atom is -0.308 e. The Labute approximate surface area is 125 Å². The van der Waals surface area contributed by atoms with Gasteiger partial charge in [0.1, 0.15) is 5.01 Å². The lowest BCUT2D eigenvalue weighted by Gasteiger charge is -2.31. The summed E-state index contributed by atoms with van der Waals surface area (Å²) in [6.07, 6.45) is 5.26. The quantitative estimate of drug-likeness (QED) is 0.833. The van der Waals surface area contributed by atoms with Crippen molar-refractivity contribution in [3.8, 4) is 0 Å². The van der Waals surface area contributed by atoms with Crippen molar-refractivity contribution in [2.75, 3.05) is 18.8 Å². The van der Waals surface area contributed by atoms with Gasteiger partial charge >= 0.3 is 0 Å². The predicted molar refractivity (Wildman–Crippen MR) is 82.2 cm³/mol. The van der Waals surface area contributed by atoms with E-state index in [-0.39, 0.29) is 0 Å². The van der Waals surface area contributed by atoms with Crippen LogP contribution < -0.4 is 5.32 Å². The number of hydrogen-bond donors (Lipinski definition) is 1. The van der Waals surface area contributed by atoms with Crippen molar-refractivity contribution in [3.05, 3.63) is 16.6 Å². The molecule has 1 fully saturated rings. The molecule has 2 heterocycles. The topological polar surface area (TPSA) is 62.3 Å². The molecule has 0 saturated carbocycles. The Morgan fingerprint density at radius 1 is 1.45 bits per heavy atom. The van der Waals surface area contributed by atoms with Crippen LogP contribution in [0.25, 0.3) is 0 Å². The minimum atomic E-state index is -3.03. The van der Waals surface area contributed by atoms with Crippen LogP contribution in [0.3, 0.4) is 0 Å². The average molecular weight is 317 g/mol. The summed E-state index contributed by atoms with van der Waals surface area (Å²) in [6, 6.07) is 0.400. The van der Waals surface area contributed by atoms with Gasteiger partial charge in [-0.2, -0.15) is 0 Å². The van der Waals surface area contributed by atoms with Gasteiger partial charge in [0.25, 0.3) is 0 Å². The highest BCUT2D eigenvalue weighted by Crippen LogP contribution is 2.16. The Morgan fingerprint density at radius 3 is 2.80 bits per heavy atom. The molecule has 7 heteroatoms. The second-order valence-corrected chi connectivity index (χ2v) is 8.22. The summed E-state index contributed by atoms with van der Waals surface area (Å²) in [5.41, 5.74) is 0. The van der Waals surface area contributed by atoms with Crippen LogP contribution in [0.15, 0.2) is 11.6 Å². The first-order chi connectivity index (χ1) is 9.62. The third-order valence-corrected chi connectivity index (χ3v) is 6.36. The predicted octanol–water partition coefficient (Wildman–Crippen LogP) is 1.83. The van der Waals surface area contributed by atoms with Crippen LogP contribution in [0.4, 0.5) is 0 Å². The molecule has 0 aromatic carbocycles. The van der Waals surface area contributed by atoms with Crippen molar-refractivity contribution in [2.24, 2.45) is 0 Å². The normalized spacial score (nSPS) is 18.4. The molecule has 0 amide bonds. The van der Waals surface area contributed by atoms with Crippen molar-refractivity contribution in [3.63, 3.8) is 0 Å². The van der Waals surface area contributed by atoms with Gasteiger partial charge in [-0.25, -0.2) is 17.7 Å². The monoisotopic (exact) mass is 317 g/mol. The molecule has 0 radical (unpaired) electrons. The molecule has 0 atom stereocenters. The summed E-state index contributed by atoms with van der Waals surface area (Å²) in [5.74, 6) is 0.292. The molecular weight excluding hydrogens is 294 g/mol. The Bertz CT molecular complexity index is 480. The Morgan fingerprint density at radius 2 is 2.20 bits per heavy atom. The van der Waals surface area contributed by atoms with Crippen LogP contribution in [0.5, 0.6) is 0 Å². The molecule has 1 aromatic heterocycles. The molecule has 0 unspecified atom stereocenters. The molecule has 1 aromatic rings. The fraction of sp³-hybridized carbons (Fsp3) is 0.769. The van der Waals surface area contributed by atoms with Gasteiger partial charge < -0.3 is 5.32 Å². The number of aromatic nitrogens is 1. The summed E-state index contributed by atoms with van der Waals surface area (Å²) < 4.78 is 25.8. The van der Waals surface area contributed by atoms with Gasteiger partial charge in [0, 0.05) is 37.3 Å². The number of nitrogens with zero attached hydrogens (tertiary/aromatic N) is 2. The number of hydrogen-bond acceptors (Lipinski definition) is 5. The van der Waals surface area contributed by atoms with E-state index in [9.17, 15) is 8.42 Å². The molecule has 0 bridgehead atoms. The van der Waals surface area contributed by atoms with Crippen LogP contribution in [-0.2, 0) is 16.6 Å². The lowest BCUT2D eigenvalue weighted by molar-refractivity contribution is 0.288. The van der Waals surface area contributed by atoms with Crippen LogP contribution in [-0.4, -0.2) is 42.6 Å². The van der Waals surface area contributed by atoms with Crippen molar-refractivity contribution < 1.29 is 8.42 Å². The molecule has 1 saturated heterocycles. The molecule has 0 aliphatic carbocycles. The molecule has 0 spiro atoms. The third kappa shape index (κ3) is 4.51. The van der Waals surface area contributed by atoms with Crippen molar-refractivity contribution in [2.45, 2.75) is 45.2 Å². The van der Waals surface area contributed by atoms with Gasteiger partial charge in [0.2, 0.25) is 10.0 Å². The fourth-order valence-corrected chi connectivity index (χ4v) is 4.61. The highest BCUT2D eigenvalue weighted by molar-refractivity contribution is 7.89. The van der Waals surface area contributed by atoms with Gasteiger partial charge in [-0.3, -0.25) is 0 Å². The largest absolute Gasteiger partial charge is 0.308 e. The number of sulfonamides is 1. The van der Waals surface area contributed by atoms with Crippen LogP contribution in [0.2, 0.25) is 0 Å². The van der Waals surface area contributed by atoms with E-state index in [1.165, 1.54) is 0 Å². The highest BCUT2D eigenvalue weighted by atomic mass is 32.2. The number of rotatable bonds is 7. The van der Waals surface area contributed by atoms with Crippen LogP contribution in [0, 0.1) is 0 Å². The molecule has 1 aliphatic heterocycles. The number of piperidine rings is 1. The summed E-state index contributed by atoms with van der Waals surface area (Å²) in [5, 5.41) is 6.52. The van der Waals surface area contributed by atoms with E-state index in [4.69, 9.17) is 0 Å². The van der Waals surface area contributed by atoms with Crippen molar-refractivity contribution in [1.29, 1.82) is 0 Å². The smallest absolute Gasteiger partial charge is 0.214 e. The molecule has 1 N–H and O–H groups in total. The Balaban J connectivity index is 1.74. The maximum absolute atomic E-state index is 12.1. The van der Waals surface area contributed by atoms with Gasteiger partial charge in [0.15, 0.2) is 0 Å². The van der Waals surface area contributed by atoms with E-state index in [0.717, 1.165) is 37.2 Å². The Kier molecular flexibility index (Phi) is 5.95. The Hall–Kier alpha value is -0.500. The number of thiazole rings is 1. The molecule has 1 aliphatic rings. The van der Waals surface area contributed by atoms with Gasteiger partial charge in [0.05, 0.1) is 5.75 Å². The second kappa shape index (κ2) is 7.49. The van der Waals surface area contributed by atoms with E-state index in [0.29, 0.717) is 24.9 Å². The molecule has 20 heavy (non-hydrogen) atoms. The van der Waals surface area contributed by atoms with E-state index in [2.05, 4.69) is 10.3 Å². The van der Waals surface area contributed by atoms with E-state index >= 15 is 0 Å². The lowest BCUT2D eigenvalue weighted by atomic mass is 10.1. The van der Waals surface area contributed by atoms with Crippen molar-refractivity contribution in [1.82, 2.24) is 14.6 Å². The maximum atomic E-state index is 12.1. The van der Waals surface area contributed by atoms with E-state index in [1.54, 1.807) is 15.6 Å². The number of unbranched alkanes of at least 4 members (excludes halogenated alkanes) is 1. The van der Waals surface area contributed by atoms with Crippen LogP contribution >= 0.6 is 11.3 Å². The zero-order valence-corrected chi connectivity index (χ0v) is 13.5. The zero-order valence-electron chi connectivity index (χ0n) is 11.9. The van der Waals surface area contributed by atoms with Gasteiger partial charge in [-0.1, -0.05) is 13.3 Å². The molecule has 2 rings (SSSR count). The first kappa shape index (κ1) is 15.9. The SMILES string of the molecule is CCCCS(=O)(=O)N1CCC(NCc2nccs2)CC1. The van der Waals surface area contributed by atoms with Crippen molar-refractivity contribution >= 4 is 21.4 Å². The van der Waals surface area contributed by atoms with Crippen LogP contribution in [0.1, 0.15) is 37.6 Å². The average Bonchev–Trinajstić information content (AvgIpc) is 2.97. The van der Waals surface area contributed by atoms with E-state index < -0.39 is 10.0 Å². The zero-order chi connectivity index (χ0) is 14.4. The number of nitrogens with one attached hydrogen (secondary N) is 1. The minimum absolute atomic E-state index is 0.292. The lowest BCUT2D eigenvalue weighted by Crippen LogP contribution is -2.45. The maximum Gasteiger partial charge on any atom is 0.214 e. The molecule has 114 valence electrons. The summed E-state index contributed by atoms with van der Waals surface area (Å²) >= 11 is 1.65. The summed E-state index contributed by atoms with van der Waals surface area (Å²) in [7, 11) is -3.03. The molecular formula is C13H23N3O2S2. The highest BCUT2D eigenvalue weighted by Gasteiger charge is 2.27. The first-order valence-corrected chi connectivity index (χ1v) is 9.70. The first-order valence-electron chi connectivity index (χ1n) is 7.21. The van der Waals surface area contributed by atoms with Gasteiger partial charge in [-0.15, -0.1) is 11.3 Å². The standard InChI is InChI=1S/C13H23N3O2S2/c1-2-3-10-20(17,18)16-7-4-12(5-8-16)15-11-13-14-6-9-19-13/h6,9,12,15H,2-5,7-8,10-11H2,1H3. The summed E-state index contributed by atoms with van der Waals surface area (Å²) in [4.78, 5) is 4.24. The summed E-state index contributed by atoms with van der Waals surface area (Å²) in [6.45, 7) is 4.08. The fourth-order valence-electron chi connectivity index (χ4n) is 2.37. The third-order valence-electron chi connectivity index (χ3n) is 3.63. The van der Waals surface area contributed by atoms with Gasteiger partial charge in [-0.05, 0) is 19.3 Å². The second-order valence-electron chi connectivity index (χ2n) is 5.15. The molecule has 5 nitrogen and oxygen atoms in total. The van der Waals surface area contributed by atoms with E-state index in [1.807, 2.05) is 18.5 Å².